The number of nitrogens with one attached hydrogen (secondary N) is 1. The van der Waals surface area contributed by atoms with Crippen LogP contribution in [0.15, 0.2) is 42.5 Å². The number of carboxylic acid groups (broad SMARTS) is 1. The zero-order valence-corrected chi connectivity index (χ0v) is 35.2. The Morgan fingerprint density at radius 2 is 1.57 bits per heavy atom. The molecule has 1 aromatic rings. The highest BCUT2D eigenvalue weighted by molar-refractivity contribution is 5.88. The van der Waals surface area contributed by atoms with Gasteiger partial charge in [-0.3, -0.25) is 4.90 Å². The molecule has 9 atom stereocenters. The summed E-state index contributed by atoms with van der Waals surface area (Å²) in [5.41, 5.74) is 4.87. The summed E-state index contributed by atoms with van der Waals surface area (Å²) < 4.78 is 5.64. The van der Waals surface area contributed by atoms with E-state index in [1.54, 1.807) is 12.1 Å². The number of fused-ring (bicyclic) bond motifs is 7. The molecule has 0 aromatic heterocycles. The van der Waals surface area contributed by atoms with Crippen molar-refractivity contribution in [2.75, 3.05) is 39.3 Å². The monoisotopic (exact) mass is 742 g/mol. The van der Waals surface area contributed by atoms with E-state index in [-0.39, 0.29) is 33.3 Å². The highest BCUT2D eigenvalue weighted by Gasteiger charge is 2.70. The fraction of sp³-hybridized carbons (Fsp3) is 0.745. The molecule has 0 bridgehead atoms. The molecule has 0 spiro atoms. The fourth-order valence-electron chi connectivity index (χ4n) is 14.3. The van der Waals surface area contributed by atoms with E-state index in [0.29, 0.717) is 35.2 Å². The van der Waals surface area contributed by atoms with E-state index in [9.17, 15) is 14.7 Å². The van der Waals surface area contributed by atoms with E-state index < -0.39 is 11.6 Å². The Bertz CT molecular complexity index is 1650. The predicted octanol–water partition coefficient (Wildman–Crippen LogP) is 9.93. The summed E-state index contributed by atoms with van der Waals surface area (Å²) in [5, 5.41) is 13.8. The third-order valence-corrected chi connectivity index (χ3v) is 17.0. The van der Waals surface area contributed by atoms with Crippen LogP contribution in [0.5, 0.6) is 0 Å². The minimum Gasteiger partial charge on any atom is -0.478 e. The Labute approximate surface area is 326 Å². The largest absolute Gasteiger partial charge is 0.478 e. The lowest BCUT2D eigenvalue weighted by Gasteiger charge is -2.72. The molecule has 1 aliphatic heterocycles. The molecule has 5 aliphatic carbocycles. The molecule has 0 radical (unpaired) electrons. The number of carbonyl (C=O) groups excluding carboxylic acids is 1. The van der Waals surface area contributed by atoms with Crippen LogP contribution in [-0.2, 0) is 4.74 Å². The van der Waals surface area contributed by atoms with Gasteiger partial charge in [-0.25, -0.2) is 9.59 Å². The summed E-state index contributed by atoms with van der Waals surface area (Å²) in [4.78, 5) is 28.6. The first-order valence-corrected chi connectivity index (χ1v) is 21.4. The quantitative estimate of drug-likeness (QED) is 0.271. The zero-order valence-electron chi connectivity index (χ0n) is 35.2. The number of rotatable bonds is 7. The standard InChI is InChI=1S/C47H71N3O4/c1-31(2)34-17-22-47(48-25-26-49-27-29-50(30-28-49)41(53)54-42(3,4)5)24-23-45(9)36(39(34)47)15-16-38-44(8)20-18-35(32-11-13-33(14-12-32)40(51)52)43(6,7)37(44)19-21-46(38,45)10/h11-14,18,34,36-39,48H,1,15-17,19-30H2,2-10H3,(H,51,52). The van der Waals surface area contributed by atoms with Crippen LogP contribution in [0.2, 0.25) is 0 Å². The molecule has 298 valence electrons. The predicted molar refractivity (Wildman–Crippen MR) is 218 cm³/mol. The van der Waals surface area contributed by atoms with Gasteiger partial charge in [0.05, 0.1) is 5.56 Å². The lowest BCUT2D eigenvalue weighted by atomic mass is 9.33. The van der Waals surface area contributed by atoms with Crippen LogP contribution in [0, 0.1) is 51.2 Å². The van der Waals surface area contributed by atoms with Crippen molar-refractivity contribution in [1.29, 1.82) is 0 Å². The topological polar surface area (TPSA) is 82.1 Å². The van der Waals surface area contributed by atoms with Crippen LogP contribution < -0.4 is 5.32 Å². The van der Waals surface area contributed by atoms with Gasteiger partial charge < -0.3 is 20.1 Å². The van der Waals surface area contributed by atoms with Crippen LogP contribution >= 0.6 is 0 Å². The lowest BCUT2D eigenvalue weighted by Crippen LogP contribution is -2.68. The van der Waals surface area contributed by atoms with Gasteiger partial charge >= 0.3 is 12.1 Å². The van der Waals surface area contributed by atoms with E-state index >= 15 is 0 Å². The molecule has 1 aromatic carbocycles. The zero-order chi connectivity index (χ0) is 39.1. The van der Waals surface area contributed by atoms with E-state index in [2.05, 4.69) is 64.4 Å². The number of hydrogen-bond acceptors (Lipinski definition) is 5. The van der Waals surface area contributed by atoms with Crippen LogP contribution in [0.25, 0.3) is 5.57 Å². The second-order valence-corrected chi connectivity index (χ2v) is 21.0. The number of hydrogen-bond donors (Lipinski definition) is 2. The van der Waals surface area contributed by atoms with Crippen molar-refractivity contribution in [2.24, 2.45) is 51.2 Å². The smallest absolute Gasteiger partial charge is 0.410 e. The van der Waals surface area contributed by atoms with Gasteiger partial charge in [-0.05, 0) is 160 Å². The Morgan fingerprint density at radius 1 is 0.889 bits per heavy atom. The van der Waals surface area contributed by atoms with Crippen molar-refractivity contribution < 1.29 is 19.4 Å². The molecule has 1 amide bonds. The third-order valence-electron chi connectivity index (χ3n) is 17.0. The molecule has 1 heterocycles. The minimum absolute atomic E-state index is 0.0152. The van der Waals surface area contributed by atoms with E-state index in [4.69, 9.17) is 4.74 Å². The molecule has 5 fully saturated rings. The summed E-state index contributed by atoms with van der Waals surface area (Å²) >= 11 is 0. The molecule has 7 heteroatoms. The van der Waals surface area contributed by atoms with Gasteiger partial charge in [-0.1, -0.05) is 65.0 Å². The Hall–Kier alpha value is -2.64. The Morgan fingerprint density at radius 3 is 2.20 bits per heavy atom. The van der Waals surface area contributed by atoms with Crippen LogP contribution in [0.1, 0.15) is 136 Å². The maximum atomic E-state index is 12.7. The first-order chi connectivity index (χ1) is 25.3. The van der Waals surface area contributed by atoms with E-state index in [1.165, 1.54) is 68.1 Å². The van der Waals surface area contributed by atoms with Crippen LogP contribution in [-0.4, -0.2) is 77.4 Å². The van der Waals surface area contributed by atoms with Crippen molar-refractivity contribution in [3.8, 4) is 0 Å². The maximum Gasteiger partial charge on any atom is 0.410 e. The van der Waals surface area contributed by atoms with Crippen LogP contribution in [0.4, 0.5) is 4.79 Å². The number of benzene rings is 1. The molecule has 7 rings (SSSR count). The third kappa shape index (κ3) is 6.39. The SMILES string of the molecule is C=C(C)C1CCC2(NCCN3CCN(C(=O)OC(C)(C)C)CC3)CCC3(C)C(CCC4C5(C)CC=C(c6ccc(C(=O)O)cc6)C(C)(C)C5CCC43C)C12. The summed E-state index contributed by atoms with van der Waals surface area (Å²) in [7, 11) is 0. The number of carbonyl (C=O) groups is 2. The average molecular weight is 742 g/mol. The molecule has 9 unspecified atom stereocenters. The number of amides is 1. The van der Waals surface area contributed by atoms with Crippen molar-refractivity contribution in [3.63, 3.8) is 0 Å². The second kappa shape index (κ2) is 13.8. The molecule has 7 nitrogen and oxygen atoms in total. The van der Waals surface area contributed by atoms with Crippen molar-refractivity contribution in [2.45, 2.75) is 131 Å². The summed E-state index contributed by atoms with van der Waals surface area (Å²) in [6, 6.07) is 7.62. The number of nitrogens with zero attached hydrogens (tertiary/aromatic N) is 2. The lowest BCUT2D eigenvalue weighted by molar-refractivity contribution is -0.219. The molecule has 6 aliphatic rings. The number of aromatic carboxylic acids is 1. The first-order valence-electron chi connectivity index (χ1n) is 21.4. The molecule has 54 heavy (non-hydrogen) atoms. The number of ether oxygens (including phenoxy) is 1. The molecule has 1 saturated heterocycles. The normalized spacial score (nSPS) is 39.0. The Balaban J connectivity index is 1.08. The highest BCUT2D eigenvalue weighted by atomic mass is 16.6. The molecule has 4 saturated carbocycles. The molecular formula is C47H71N3O4. The van der Waals surface area contributed by atoms with Crippen molar-refractivity contribution >= 4 is 17.6 Å². The summed E-state index contributed by atoms with van der Waals surface area (Å²) in [6.07, 6.45) is 13.7. The fourth-order valence-corrected chi connectivity index (χ4v) is 14.3. The summed E-state index contributed by atoms with van der Waals surface area (Å²) in [6.45, 7) is 31.1. The second-order valence-electron chi connectivity index (χ2n) is 21.0. The maximum absolute atomic E-state index is 12.7. The van der Waals surface area contributed by atoms with Crippen LogP contribution in [0.3, 0.4) is 0 Å². The first kappa shape index (κ1) is 39.6. The summed E-state index contributed by atoms with van der Waals surface area (Å²) in [5.74, 6) is 2.31. The van der Waals surface area contributed by atoms with Gasteiger partial charge in [0.2, 0.25) is 0 Å². The molecule has 2 N–H and O–H groups in total. The Kier molecular flexibility index (Phi) is 10.1. The van der Waals surface area contributed by atoms with Gasteiger partial charge in [0.15, 0.2) is 0 Å². The van der Waals surface area contributed by atoms with Gasteiger partial charge in [0.25, 0.3) is 0 Å². The van der Waals surface area contributed by atoms with Gasteiger partial charge in [-0.2, -0.15) is 0 Å². The minimum atomic E-state index is -0.864. The van der Waals surface area contributed by atoms with Gasteiger partial charge in [-0.15, -0.1) is 0 Å². The number of allylic oxidation sites excluding steroid dienone is 3. The van der Waals surface area contributed by atoms with Gasteiger partial charge in [0.1, 0.15) is 5.60 Å². The van der Waals surface area contributed by atoms with Crippen molar-refractivity contribution in [3.05, 3.63) is 53.6 Å². The van der Waals surface area contributed by atoms with Crippen molar-refractivity contribution in [1.82, 2.24) is 15.1 Å². The van der Waals surface area contributed by atoms with E-state index in [1.807, 2.05) is 37.8 Å². The van der Waals surface area contributed by atoms with Gasteiger partial charge in [0, 0.05) is 44.8 Å². The highest BCUT2D eigenvalue weighted by Crippen LogP contribution is 2.76. The number of piperazine rings is 1. The van der Waals surface area contributed by atoms with E-state index in [0.717, 1.165) is 45.7 Å². The average Bonchev–Trinajstić information content (AvgIpc) is 3.48. The number of carboxylic acids is 1. The molecular weight excluding hydrogens is 671 g/mol.